The number of nitrogens with zero attached hydrogens (tertiary/aromatic N) is 3. The molecule has 4 aromatic rings. The van der Waals surface area contributed by atoms with Crippen molar-refractivity contribution >= 4 is 17.8 Å². The fourth-order valence-electron chi connectivity index (χ4n) is 5.52. The third kappa shape index (κ3) is 4.63. The third-order valence-electron chi connectivity index (χ3n) is 7.55. The van der Waals surface area contributed by atoms with Gasteiger partial charge in [0.05, 0.1) is 12.1 Å². The Hall–Kier alpha value is -4.92. The number of aliphatic imine (C=N–C) groups is 1. The summed E-state index contributed by atoms with van der Waals surface area (Å²) in [6.07, 6.45) is -4.45. The largest absolute Gasteiger partial charge is 0.416 e. The van der Waals surface area contributed by atoms with Crippen LogP contribution in [0.4, 0.5) is 13.2 Å². The van der Waals surface area contributed by atoms with Crippen molar-refractivity contribution in [3.63, 3.8) is 0 Å². The molecule has 0 bridgehead atoms. The minimum Gasteiger partial charge on any atom is -0.369 e. The molecule has 2 N–H and O–H groups in total. The van der Waals surface area contributed by atoms with Gasteiger partial charge < -0.3 is 10.6 Å². The quantitative estimate of drug-likeness (QED) is 0.356. The summed E-state index contributed by atoms with van der Waals surface area (Å²) < 4.78 is 39.5. The van der Waals surface area contributed by atoms with Gasteiger partial charge in [0.25, 0.3) is 11.8 Å². The lowest BCUT2D eigenvalue weighted by Gasteiger charge is -2.27. The Morgan fingerprint density at radius 3 is 2.10 bits per heavy atom. The van der Waals surface area contributed by atoms with Crippen LogP contribution in [0.5, 0.6) is 0 Å². The second kappa shape index (κ2) is 9.92. The van der Waals surface area contributed by atoms with Crippen LogP contribution in [0.1, 0.15) is 43.7 Å². The summed E-state index contributed by atoms with van der Waals surface area (Å²) >= 11 is 0. The molecular weight excluding hydrogens is 529 g/mol. The second-order valence-corrected chi connectivity index (χ2v) is 10.1. The number of alkyl halides is 3. The molecule has 0 saturated heterocycles. The molecule has 0 aromatic heterocycles. The molecule has 2 amide bonds. The van der Waals surface area contributed by atoms with Crippen molar-refractivity contribution in [1.82, 2.24) is 9.80 Å². The van der Waals surface area contributed by atoms with E-state index in [0.717, 1.165) is 12.1 Å². The first-order chi connectivity index (χ1) is 19.7. The predicted octanol–water partition coefficient (Wildman–Crippen LogP) is 5.46. The maximum atomic E-state index is 14.1. The number of halogens is 3. The number of rotatable bonds is 5. The minimum atomic E-state index is -4.45. The fourth-order valence-corrected chi connectivity index (χ4v) is 5.52. The lowest BCUT2D eigenvalue weighted by molar-refractivity contribution is -0.137. The molecule has 0 fully saturated rings. The van der Waals surface area contributed by atoms with Crippen molar-refractivity contribution in [1.29, 1.82) is 0 Å². The highest BCUT2D eigenvalue weighted by Gasteiger charge is 2.50. The summed E-state index contributed by atoms with van der Waals surface area (Å²) in [5, 5.41) is 0. The van der Waals surface area contributed by atoms with Crippen molar-refractivity contribution in [3.05, 3.63) is 142 Å². The van der Waals surface area contributed by atoms with Crippen molar-refractivity contribution in [2.45, 2.75) is 31.3 Å². The standard InChI is InChI=1S/C32H25F3N4O2/c33-32(34,35)27-15-14-23-19-38(20-24(23)17-27)28(40)22-9-7-8-21(16-22)18-39-29(41)31(37-30(39)36,25-10-3-1-4-11-25)26-12-5-2-6-13-26/h1-17H,18-20H2,(H2,36,37). The Kier molecular flexibility index (Phi) is 6.37. The number of benzene rings is 4. The van der Waals surface area contributed by atoms with Crippen LogP contribution in [-0.2, 0) is 36.1 Å². The van der Waals surface area contributed by atoms with Crippen LogP contribution in [-0.4, -0.2) is 27.6 Å². The number of carbonyl (C=O) groups is 2. The van der Waals surface area contributed by atoms with E-state index in [1.807, 2.05) is 60.7 Å². The Bertz CT molecular complexity index is 1630. The zero-order valence-electron chi connectivity index (χ0n) is 21.8. The van der Waals surface area contributed by atoms with E-state index in [-0.39, 0.29) is 37.4 Å². The SMILES string of the molecule is NC1=NC(c2ccccc2)(c2ccccc2)C(=O)N1Cc1cccc(C(=O)N2Cc3ccc(C(F)(F)F)cc3C2)c1. The van der Waals surface area contributed by atoms with Crippen molar-refractivity contribution < 1.29 is 22.8 Å². The van der Waals surface area contributed by atoms with Gasteiger partial charge in [0.15, 0.2) is 11.5 Å². The molecule has 0 unspecified atom stereocenters. The number of guanidine groups is 1. The Balaban J connectivity index is 1.25. The molecular formula is C32H25F3N4O2. The number of hydrogen-bond acceptors (Lipinski definition) is 4. The van der Waals surface area contributed by atoms with Crippen LogP contribution in [0, 0.1) is 0 Å². The normalized spacial score (nSPS) is 16.1. The molecule has 0 spiro atoms. The number of fused-ring (bicyclic) bond motifs is 1. The molecule has 41 heavy (non-hydrogen) atoms. The number of hydrogen-bond donors (Lipinski definition) is 1. The van der Waals surface area contributed by atoms with Crippen molar-refractivity contribution in [2.75, 3.05) is 0 Å². The van der Waals surface area contributed by atoms with E-state index in [1.54, 1.807) is 24.3 Å². The molecule has 4 aromatic carbocycles. The maximum absolute atomic E-state index is 14.1. The van der Waals surface area contributed by atoms with Gasteiger partial charge in [0.2, 0.25) is 0 Å². The van der Waals surface area contributed by atoms with E-state index >= 15 is 0 Å². The minimum absolute atomic E-state index is 0.0647. The molecule has 2 aliphatic rings. The Labute approximate surface area is 234 Å². The summed E-state index contributed by atoms with van der Waals surface area (Å²) in [7, 11) is 0. The van der Waals surface area contributed by atoms with Gasteiger partial charge in [0.1, 0.15) is 0 Å². The van der Waals surface area contributed by atoms with E-state index in [1.165, 1.54) is 15.9 Å². The Morgan fingerprint density at radius 1 is 0.829 bits per heavy atom. The molecule has 0 saturated carbocycles. The zero-order chi connectivity index (χ0) is 28.8. The lowest BCUT2D eigenvalue weighted by atomic mass is 9.83. The summed E-state index contributed by atoms with van der Waals surface area (Å²) in [6, 6.07) is 28.9. The van der Waals surface area contributed by atoms with Gasteiger partial charge in [-0.05, 0) is 52.1 Å². The van der Waals surface area contributed by atoms with Crippen molar-refractivity contribution in [2.24, 2.45) is 10.7 Å². The molecule has 2 heterocycles. The molecule has 206 valence electrons. The Morgan fingerprint density at radius 2 is 1.46 bits per heavy atom. The molecule has 0 aliphatic carbocycles. The summed E-state index contributed by atoms with van der Waals surface area (Å²) in [6.45, 7) is 0.395. The highest BCUT2D eigenvalue weighted by Crippen LogP contribution is 2.40. The first-order valence-electron chi connectivity index (χ1n) is 13.0. The van der Waals surface area contributed by atoms with Gasteiger partial charge in [-0.15, -0.1) is 0 Å². The molecule has 2 aliphatic heterocycles. The van der Waals surface area contributed by atoms with Crippen LogP contribution in [0.25, 0.3) is 0 Å². The number of carbonyl (C=O) groups excluding carboxylic acids is 2. The number of nitrogens with two attached hydrogens (primary N) is 1. The van der Waals surface area contributed by atoms with Crippen LogP contribution in [0.3, 0.4) is 0 Å². The first-order valence-corrected chi connectivity index (χ1v) is 13.0. The predicted molar refractivity (Wildman–Crippen MR) is 147 cm³/mol. The fraction of sp³-hybridized carbons (Fsp3) is 0.156. The monoisotopic (exact) mass is 554 g/mol. The highest BCUT2D eigenvalue weighted by atomic mass is 19.4. The van der Waals surface area contributed by atoms with E-state index in [4.69, 9.17) is 10.7 Å². The van der Waals surface area contributed by atoms with Crippen LogP contribution in [0.15, 0.2) is 108 Å². The van der Waals surface area contributed by atoms with Crippen molar-refractivity contribution in [3.8, 4) is 0 Å². The van der Waals surface area contributed by atoms with E-state index in [9.17, 15) is 22.8 Å². The smallest absolute Gasteiger partial charge is 0.369 e. The molecule has 9 heteroatoms. The van der Waals surface area contributed by atoms with Crippen LogP contribution >= 0.6 is 0 Å². The van der Waals surface area contributed by atoms with Crippen LogP contribution < -0.4 is 5.73 Å². The van der Waals surface area contributed by atoms with Gasteiger partial charge in [-0.3, -0.25) is 14.5 Å². The lowest BCUT2D eigenvalue weighted by Crippen LogP contribution is -2.43. The van der Waals surface area contributed by atoms with Crippen LogP contribution in [0.2, 0.25) is 0 Å². The number of amides is 2. The molecule has 0 radical (unpaired) electrons. The van der Waals surface area contributed by atoms with E-state index in [0.29, 0.717) is 33.4 Å². The second-order valence-electron chi connectivity index (χ2n) is 10.1. The van der Waals surface area contributed by atoms with Gasteiger partial charge in [-0.25, -0.2) is 4.99 Å². The van der Waals surface area contributed by atoms with E-state index in [2.05, 4.69) is 0 Å². The molecule has 6 rings (SSSR count). The molecule has 6 nitrogen and oxygen atoms in total. The summed E-state index contributed by atoms with van der Waals surface area (Å²) in [5.74, 6) is -0.552. The average Bonchev–Trinajstić information content (AvgIpc) is 3.52. The zero-order valence-corrected chi connectivity index (χ0v) is 21.8. The van der Waals surface area contributed by atoms with Gasteiger partial charge in [-0.2, -0.15) is 13.2 Å². The van der Waals surface area contributed by atoms with Gasteiger partial charge in [-0.1, -0.05) is 78.9 Å². The third-order valence-corrected chi connectivity index (χ3v) is 7.55. The topological polar surface area (TPSA) is 79.0 Å². The average molecular weight is 555 g/mol. The summed E-state index contributed by atoms with van der Waals surface area (Å²) in [4.78, 5) is 35.1. The highest BCUT2D eigenvalue weighted by molar-refractivity contribution is 6.09. The summed E-state index contributed by atoms with van der Waals surface area (Å²) in [5.41, 5.74) is 7.86. The van der Waals surface area contributed by atoms with Gasteiger partial charge >= 0.3 is 6.18 Å². The molecule has 0 atom stereocenters. The van der Waals surface area contributed by atoms with Gasteiger partial charge in [0, 0.05) is 18.7 Å². The van der Waals surface area contributed by atoms with E-state index < -0.39 is 17.3 Å². The maximum Gasteiger partial charge on any atom is 0.416 e. The first kappa shape index (κ1) is 26.3.